The summed E-state index contributed by atoms with van der Waals surface area (Å²) in [6.07, 6.45) is 5.51. The van der Waals surface area contributed by atoms with E-state index in [0.29, 0.717) is 37.9 Å². The largest absolute Gasteiger partial charge is 0.481 e. The second-order valence-corrected chi connectivity index (χ2v) is 9.61. The van der Waals surface area contributed by atoms with Crippen LogP contribution < -0.4 is 5.32 Å². The summed E-state index contributed by atoms with van der Waals surface area (Å²) in [6, 6.07) is 5.95. The van der Waals surface area contributed by atoms with Crippen molar-refractivity contribution in [2.75, 3.05) is 18.4 Å². The van der Waals surface area contributed by atoms with Crippen LogP contribution in [0.15, 0.2) is 29.2 Å². The molecule has 1 atom stereocenters. The Labute approximate surface area is 159 Å². The highest BCUT2D eigenvalue weighted by atomic mass is 32.2. The molecule has 2 N–H and O–H groups in total. The van der Waals surface area contributed by atoms with Gasteiger partial charge in [-0.25, -0.2) is 13.2 Å². The molecule has 2 aliphatic rings. The van der Waals surface area contributed by atoms with E-state index < -0.39 is 27.8 Å². The zero-order valence-corrected chi connectivity index (χ0v) is 16.1. The fourth-order valence-electron chi connectivity index (χ4n) is 3.88. The first-order valence-electron chi connectivity index (χ1n) is 9.50. The van der Waals surface area contributed by atoms with Crippen LogP contribution in [-0.4, -0.2) is 48.8 Å². The van der Waals surface area contributed by atoms with Crippen LogP contribution in [0.1, 0.15) is 44.9 Å². The van der Waals surface area contributed by atoms with Gasteiger partial charge in [-0.3, -0.25) is 4.79 Å². The minimum Gasteiger partial charge on any atom is -0.481 e. The number of carboxylic acid groups (broad SMARTS) is 1. The Hall–Kier alpha value is -2.09. The number of hydrogen-bond donors (Lipinski definition) is 2. The number of amides is 2. The molecule has 2 amide bonds. The van der Waals surface area contributed by atoms with Gasteiger partial charge in [0.25, 0.3) is 0 Å². The lowest BCUT2D eigenvalue weighted by molar-refractivity contribution is -0.143. The number of anilines is 1. The quantitative estimate of drug-likeness (QED) is 0.816. The van der Waals surface area contributed by atoms with E-state index >= 15 is 0 Å². The molecule has 0 radical (unpaired) electrons. The zero-order valence-electron chi connectivity index (χ0n) is 15.3. The Morgan fingerprint density at radius 3 is 2.52 bits per heavy atom. The molecular formula is C19H26N2O5S. The maximum Gasteiger partial charge on any atom is 0.321 e. The predicted octanol–water partition coefficient (Wildman–Crippen LogP) is 3.12. The van der Waals surface area contributed by atoms with E-state index in [0.717, 1.165) is 19.3 Å². The first kappa shape index (κ1) is 19.7. The maximum atomic E-state index is 12.9. The average molecular weight is 394 g/mol. The van der Waals surface area contributed by atoms with Gasteiger partial charge in [0, 0.05) is 18.8 Å². The number of rotatable bonds is 4. The van der Waals surface area contributed by atoms with Gasteiger partial charge in [0.1, 0.15) is 0 Å². The van der Waals surface area contributed by atoms with Crippen molar-refractivity contribution in [3.63, 3.8) is 0 Å². The molecule has 0 spiro atoms. The van der Waals surface area contributed by atoms with E-state index in [1.54, 1.807) is 18.2 Å². The highest BCUT2D eigenvalue weighted by Gasteiger charge is 2.30. The Balaban J connectivity index is 1.70. The highest BCUT2D eigenvalue weighted by molar-refractivity contribution is 7.92. The van der Waals surface area contributed by atoms with Crippen molar-refractivity contribution < 1.29 is 23.1 Å². The Bertz CT molecular complexity index is 802. The molecule has 1 saturated carbocycles. The number of benzene rings is 1. The standard InChI is InChI=1S/C19H26N2O5S/c22-18(23)14-6-5-11-21(13-14)19(24)20-15-7-4-10-17(12-15)27(25,26)16-8-2-1-3-9-16/h4,7,10,12,14,16H,1-3,5-6,8-9,11,13H2,(H,20,24)(H,22,23). The molecule has 1 aliphatic carbocycles. The molecule has 1 saturated heterocycles. The smallest absolute Gasteiger partial charge is 0.321 e. The van der Waals surface area contributed by atoms with Crippen molar-refractivity contribution in [3.8, 4) is 0 Å². The van der Waals surface area contributed by atoms with Crippen molar-refractivity contribution in [1.29, 1.82) is 0 Å². The van der Waals surface area contributed by atoms with Crippen LogP contribution in [0.3, 0.4) is 0 Å². The third kappa shape index (κ3) is 4.61. The van der Waals surface area contributed by atoms with Crippen LogP contribution in [-0.2, 0) is 14.6 Å². The lowest BCUT2D eigenvalue weighted by Crippen LogP contribution is -2.44. The molecule has 0 aromatic heterocycles. The van der Waals surface area contributed by atoms with Crippen LogP contribution in [0.2, 0.25) is 0 Å². The van der Waals surface area contributed by atoms with Crippen molar-refractivity contribution in [2.45, 2.75) is 55.1 Å². The zero-order chi connectivity index (χ0) is 19.4. The van der Waals surface area contributed by atoms with E-state index in [9.17, 15) is 18.0 Å². The van der Waals surface area contributed by atoms with Gasteiger partial charge in [-0.2, -0.15) is 0 Å². The molecule has 1 heterocycles. The van der Waals surface area contributed by atoms with E-state index in [-0.39, 0.29) is 16.7 Å². The molecule has 7 nitrogen and oxygen atoms in total. The Morgan fingerprint density at radius 2 is 1.81 bits per heavy atom. The van der Waals surface area contributed by atoms with Gasteiger partial charge < -0.3 is 15.3 Å². The molecule has 1 aromatic carbocycles. The summed E-state index contributed by atoms with van der Waals surface area (Å²) in [6.45, 7) is 0.664. The van der Waals surface area contributed by atoms with Crippen LogP contribution in [0.25, 0.3) is 0 Å². The molecule has 0 bridgehead atoms. The number of aliphatic carboxylic acids is 1. The van der Waals surface area contributed by atoms with Gasteiger partial charge in [0.2, 0.25) is 0 Å². The number of piperidine rings is 1. The van der Waals surface area contributed by atoms with Crippen molar-refractivity contribution in [1.82, 2.24) is 4.90 Å². The van der Waals surface area contributed by atoms with Crippen LogP contribution in [0.5, 0.6) is 0 Å². The fourth-order valence-corrected chi connectivity index (χ4v) is 5.78. The normalized spacial score (nSPS) is 21.6. The van der Waals surface area contributed by atoms with E-state index in [2.05, 4.69) is 5.32 Å². The monoisotopic (exact) mass is 394 g/mol. The summed E-state index contributed by atoms with van der Waals surface area (Å²) in [7, 11) is -3.41. The lowest BCUT2D eigenvalue weighted by atomic mass is 9.99. The summed E-state index contributed by atoms with van der Waals surface area (Å²) in [5.41, 5.74) is 0.411. The second kappa shape index (κ2) is 8.29. The molecule has 1 aromatic rings. The molecule has 1 unspecified atom stereocenters. The topological polar surface area (TPSA) is 104 Å². The second-order valence-electron chi connectivity index (χ2n) is 7.39. The van der Waals surface area contributed by atoms with Gasteiger partial charge in [-0.05, 0) is 43.9 Å². The van der Waals surface area contributed by atoms with Gasteiger partial charge in [0.15, 0.2) is 9.84 Å². The van der Waals surface area contributed by atoms with Gasteiger partial charge in [0.05, 0.1) is 16.1 Å². The van der Waals surface area contributed by atoms with Crippen LogP contribution >= 0.6 is 0 Å². The molecule has 1 aliphatic heterocycles. The van der Waals surface area contributed by atoms with Gasteiger partial charge >= 0.3 is 12.0 Å². The first-order chi connectivity index (χ1) is 12.9. The summed E-state index contributed by atoms with van der Waals surface area (Å²) in [5.74, 6) is -1.45. The number of likely N-dealkylation sites (tertiary alicyclic amines) is 1. The average Bonchev–Trinajstić information content (AvgIpc) is 2.69. The number of hydrogen-bond acceptors (Lipinski definition) is 4. The summed E-state index contributed by atoms with van der Waals surface area (Å²) < 4.78 is 25.7. The summed E-state index contributed by atoms with van der Waals surface area (Å²) in [5, 5.41) is 11.5. The number of urea groups is 1. The highest BCUT2D eigenvalue weighted by Crippen LogP contribution is 2.29. The van der Waals surface area contributed by atoms with Gasteiger partial charge in [-0.1, -0.05) is 25.3 Å². The first-order valence-corrected chi connectivity index (χ1v) is 11.1. The third-order valence-electron chi connectivity index (χ3n) is 5.46. The minimum absolute atomic E-state index is 0.168. The van der Waals surface area contributed by atoms with E-state index in [1.165, 1.54) is 11.0 Å². The fraction of sp³-hybridized carbons (Fsp3) is 0.579. The number of nitrogens with one attached hydrogen (secondary N) is 1. The van der Waals surface area contributed by atoms with Crippen LogP contribution in [0.4, 0.5) is 10.5 Å². The number of nitrogens with zero attached hydrogens (tertiary/aromatic N) is 1. The maximum absolute atomic E-state index is 12.9. The Kier molecular flexibility index (Phi) is 6.04. The number of carbonyl (C=O) groups is 2. The molecule has 2 fully saturated rings. The van der Waals surface area contributed by atoms with Crippen LogP contribution in [0, 0.1) is 5.92 Å². The lowest BCUT2D eigenvalue weighted by Gasteiger charge is -2.30. The number of carbonyl (C=O) groups excluding carboxylic acids is 1. The molecule has 27 heavy (non-hydrogen) atoms. The van der Waals surface area contributed by atoms with Crippen molar-refractivity contribution >= 4 is 27.5 Å². The number of sulfone groups is 1. The molecule has 148 valence electrons. The minimum atomic E-state index is -3.41. The number of carboxylic acids is 1. The summed E-state index contributed by atoms with van der Waals surface area (Å²) in [4.78, 5) is 25.3. The predicted molar refractivity (Wildman–Crippen MR) is 101 cm³/mol. The van der Waals surface area contributed by atoms with Crippen molar-refractivity contribution in [2.24, 2.45) is 5.92 Å². The van der Waals surface area contributed by atoms with Crippen molar-refractivity contribution in [3.05, 3.63) is 24.3 Å². The SMILES string of the molecule is O=C(O)C1CCCN(C(=O)Nc2cccc(S(=O)(=O)C3CCCCC3)c2)C1. The van der Waals surface area contributed by atoms with Gasteiger partial charge in [-0.15, -0.1) is 0 Å². The Morgan fingerprint density at radius 1 is 1.07 bits per heavy atom. The van der Waals surface area contributed by atoms with E-state index in [1.807, 2.05) is 0 Å². The molecular weight excluding hydrogens is 368 g/mol. The van der Waals surface area contributed by atoms with E-state index in [4.69, 9.17) is 5.11 Å². The molecule has 8 heteroatoms. The molecule has 3 rings (SSSR count). The summed E-state index contributed by atoms with van der Waals surface area (Å²) >= 11 is 0. The third-order valence-corrected chi connectivity index (χ3v) is 7.72.